The van der Waals surface area contributed by atoms with Gasteiger partial charge in [-0.1, -0.05) is 5.16 Å². The largest absolute Gasteiger partial charge is 0.494 e. The normalized spacial score (nSPS) is 13.1. The molecule has 32 heavy (non-hydrogen) atoms. The number of benzene rings is 1. The Morgan fingerprint density at radius 2 is 2.09 bits per heavy atom. The predicted octanol–water partition coefficient (Wildman–Crippen LogP) is 4.43. The Hall–Kier alpha value is -3.20. The van der Waals surface area contributed by atoms with Gasteiger partial charge in [-0.25, -0.2) is 4.98 Å². The van der Waals surface area contributed by atoms with Crippen molar-refractivity contribution >= 4 is 35.8 Å². The minimum absolute atomic E-state index is 0.132. The van der Waals surface area contributed by atoms with Gasteiger partial charge in [0.25, 0.3) is 0 Å². The van der Waals surface area contributed by atoms with Gasteiger partial charge in [-0.05, 0) is 68.1 Å². The van der Waals surface area contributed by atoms with Crippen molar-refractivity contribution in [3.05, 3.63) is 59.9 Å². The first-order valence-electron chi connectivity index (χ1n) is 10.7. The molecule has 8 nitrogen and oxygen atoms in total. The first-order chi connectivity index (χ1) is 15.6. The van der Waals surface area contributed by atoms with Gasteiger partial charge in [0, 0.05) is 31.4 Å². The number of hydrogen-bond donors (Lipinski definition) is 2. The number of ether oxygens (including phenoxy) is 1. The topological polar surface area (TPSA) is 88.1 Å². The third kappa shape index (κ3) is 7.81. The summed E-state index contributed by atoms with van der Waals surface area (Å²) in [4.78, 5) is 20.3. The van der Waals surface area contributed by atoms with E-state index in [4.69, 9.17) is 9.57 Å². The number of unbranched alkanes of at least 4 members (excludes halogenated alkanes) is 2. The fourth-order valence-electron chi connectivity index (χ4n) is 2.95. The number of aromatic nitrogens is 1. The number of oxime groups is 1. The lowest BCUT2D eigenvalue weighted by molar-refractivity contribution is -0.114. The number of rotatable bonds is 12. The molecule has 1 aliphatic heterocycles. The zero-order chi connectivity index (χ0) is 22.6. The Labute approximate surface area is 193 Å². The van der Waals surface area contributed by atoms with Crippen molar-refractivity contribution in [1.82, 2.24) is 14.0 Å². The molecule has 170 valence electrons. The quantitative estimate of drug-likeness (QED) is 0.212. The molecule has 1 aromatic carbocycles. The molecular formula is C23H29N5O3S. The van der Waals surface area contributed by atoms with Crippen LogP contribution in [0.3, 0.4) is 0 Å². The highest BCUT2D eigenvalue weighted by Crippen LogP contribution is 2.26. The Morgan fingerprint density at radius 3 is 2.88 bits per heavy atom. The molecule has 0 aliphatic carbocycles. The van der Waals surface area contributed by atoms with Gasteiger partial charge in [-0.2, -0.15) is 0 Å². The lowest BCUT2D eigenvalue weighted by Crippen LogP contribution is -2.09. The van der Waals surface area contributed by atoms with Crippen LogP contribution in [0.4, 0.5) is 5.82 Å². The molecule has 0 saturated heterocycles. The van der Waals surface area contributed by atoms with E-state index in [9.17, 15) is 4.79 Å². The summed E-state index contributed by atoms with van der Waals surface area (Å²) < 4.78 is 11.3. The Morgan fingerprint density at radius 1 is 1.25 bits per heavy atom. The van der Waals surface area contributed by atoms with E-state index in [0.29, 0.717) is 19.0 Å². The minimum Gasteiger partial charge on any atom is -0.494 e. The standard InChI is InChI=1S/C23H29N5O3S/c1-3-31-25-16-19-7-9-21(10-8-19)30-14-6-4-5-13-28-17-22(27-32-28)20-11-12-24-23(15-20)26-18(2)29/h7-12,15-17,27H,3-6,13-14H2,1-2H3,(H,24,26,29)/b25-16+. The summed E-state index contributed by atoms with van der Waals surface area (Å²) in [5.74, 6) is 1.28. The van der Waals surface area contributed by atoms with Crippen molar-refractivity contribution in [3.63, 3.8) is 0 Å². The Balaban J connectivity index is 1.33. The lowest BCUT2D eigenvalue weighted by atomic mass is 10.2. The third-order valence-electron chi connectivity index (χ3n) is 4.50. The molecule has 1 aliphatic rings. The van der Waals surface area contributed by atoms with Crippen LogP contribution >= 0.6 is 12.1 Å². The van der Waals surface area contributed by atoms with Crippen LogP contribution in [0.15, 0.2) is 54.0 Å². The fraction of sp³-hybridized carbons (Fsp3) is 0.348. The average molecular weight is 456 g/mol. The van der Waals surface area contributed by atoms with E-state index < -0.39 is 0 Å². The molecule has 3 rings (SSSR count). The minimum atomic E-state index is -0.132. The molecule has 0 saturated carbocycles. The van der Waals surface area contributed by atoms with E-state index in [1.165, 1.54) is 6.92 Å². The number of pyridine rings is 1. The summed E-state index contributed by atoms with van der Waals surface area (Å²) in [5.41, 5.74) is 2.97. The van der Waals surface area contributed by atoms with Gasteiger partial charge in [0.15, 0.2) is 0 Å². The van der Waals surface area contributed by atoms with Gasteiger partial charge in [-0.3, -0.25) is 4.79 Å². The molecule has 2 N–H and O–H groups in total. The molecule has 0 radical (unpaired) electrons. The molecule has 1 amide bonds. The maximum Gasteiger partial charge on any atom is 0.222 e. The molecule has 2 heterocycles. The van der Waals surface area contributed by atoms with E-state index in [0.717, 1.165) is 48.4 Å². The van der Waals surface area contributed by atoms with Crippen LogP contribution in [0, 0.1) is 0 Å². The predicted molar refractivity (Wildman–Crippen MR) is 129 cm³/mol. The molecule has 0 spiro atoms. The van der Waals surface area contributed by atoms with Gasteiger partial charge in [0.1, 0.15) is 18.2 Å². The highest BCUT2D eigenvalue weighted by molar-refractivity contribution is 7.95. The maximum absolute atomic E-state index is 11.2. The third-order valence-corrected chi connectivity index (χ3v) is 5.33. The molecule has 9 heteroatoms. The Kier molecular flexibility index (Phi) is 9.24. The maximum atomic E-state index is 11.2. The Bertz CT molecular complexity index is 933. The van der Waals surface area contributed by atoms with E-state index in [-0.39, 0.29) is 5.91 Å². The first-order valence-corrected chi connectivity index (χ1v) is 11.4. The van der Waals surface area contributed by atoms with Crippen molar-refractivity contribution in [3.8, 4) is 5.75 Å². The molecule has 0 bridgehead atoms. The zero-order valence-electron chi connectivity index (χ0n) is 18.4. The number of hydrogen-bond acceptors (Lipinski definition) is 8. The van der Waals surface area contributed by atoms with Gasteiger partial charge in [-0.15, -0.1) is 0 Å². The summed E-state index contributed by atoms with van der Waals surface area (Å²) in [6.07, 6.45) is 8.63. The SMILES string of the molecule is CCO/N=C/c1ccc(OCCCCCN2C=C(c3ccnc(NC(C)=O)c3)NS2)cc1. The second kappa shape index (κ2) is 12.6. The van der Waals surface area contributed by atoms with Gasteiger partial charge in [0.2, 0.25) is 5.91 Å². The molecule has 0 unspecified atom stereocenters. The summed E-state index contributed by atoms with van der Waals surface area (Å²) in [6.45, 7) is 5.58. The van der Waals surface area contributed by atoms with Crippen LogP contribution in [0.1, 0.15) is 44.2 Å². The number of nitrogens with one attached hydrogen (secondary N) is 2. The molecule has 2 aromatic rings. The van der Waals surface area contributed by atoms with Crippen LogP contribution in [0.5, 0.6) is 5.75 Å². The number of anilines is 1. The van der Waals surface area contributed by atoms with Crippen LogP contribution in [-0.2, 0) is 9.63 Å². The zero-order valence-corrected chi connectivity index (χ0v) is 19.2. The summed E-state index contributed by atoms with van der Waals surface area (Å²) >= 11 is 1.57. The van der Waals surface area contributed by atoms with E-state index in [1.807, 2.05) is 43.3 Å². The van der Waals surface area contributed by atoms with Crippen molar-refractivity contribution in [2.75, 3.05) is 25.1 Å². The lowest BCUT2D eigenvalue weighted by Gasteiger charge is -2.12. The van der Waals surface area contributed by atoms with Crippen molar-refractivity contribution in [1.29, 1.82) is 0 Å². The number of nitrogens with zero attached hydrogens (tertiary/aromatic N) is 3. The van der Waals surface area contributed by atoms with Crippen molar-refractivity contribution in [2.24, 2.45) is 5.16 Å². The highest BCUT2D eigenvalue weighted by atomic mass is 32.2. The van der Waals surface area contributed by atoms with E-state index in [2.05, 4.69) is 30.7 Å². The van der Waals surface area contributed by atoms with Crippen molar-refractivity contribution < 1.29 is 14.4 Å². The summed E-state index contributed by atoms with van der Waals surface area (Å²) in [7, 11) is 0. The summed E-state index contributed by atoms with van der Waals surface area (Å²) in [5, 5.41) is 6.57. The summed E-state index contributed by atoms with van der Waals surface area (Å²) in [6, 6.07) is 11.6. The van der Waals surface area contributed by atoms with Gasteiger partial charge in [0.05, 0.1) is 30.7 Å². The molecular weight excluding hydrogens is 426 g/mol. The number of carbonyl (C=O) groups excluding carboxylic acids is 1. The molecule has 0 atom stereocenters. The highest BCUT2D eigenvalue weighted by Gasteiger charge is 2.14. The second-order valence-corrected chi connectivity index (χ2v) is 7.97. The van der Waals surface area contributed by atoms with E-state index in [1.54, 1.807) is 24.5 Å². The van der Waals surface area contributed by atoms with Crippen molar-refractivity contribution in [2.45, 2.75) is 33.1 Å². The van der Waals surface area contributed by atoms with Crippen LogP contribution in [-0.4, -0.2) is 41.2 Å². The van der Waals surface area contributed by atoms with Gasteiger partial charge < -0.3 is 23.9 Å². The van der Waals surface area contributed by atoms with E-state index >= 15 is 0 Å². The average Bonchev–Trinajstić information content (AvgIpc) is 3.26. The smallest absolute Gasteiger partial charge is 0.222 e. The second-order valence-electron chi connectivity index (χ2n) is 7.12. The molecule has 0 fully saturated rings. The first kappa shape index (κ1) is 23.5. The van der Waals surface area contributed by atoms with Crippen LogP contribution < -0.4 is 14.8 Å². The van der Waals surface area contributed by atoms with Gasteiger partial charge >= 0.3 is 0 Å². The number of amides is 1. The monoisotopic (exact) mass is 455 g/mol. The molecule has 1 aromatic heterocycles. The van der Waals surface area contributed by atoms with Crippen LogP contribution in [0.25, 0.3) is 5.70 Å². The number of carbonyl (C=O) groups is 1. The fourth-order valence-corrected chi connectivity index (χ4v) is 3.72. The van der Waals surface area contributed by atoms with Crippen LogP contribution in [0.2, 0.25) is 0 Å².